The van der Waals surface area contributed by atoms with Gasteiger partial charge in [0, 0.05) is 31.7 Å². The zero-order chi connectivity index (χ0) is 13.1. The third kappa shape index (κ3) is 2.82. The maximum atomic E-state index is 5.79. The van der Waals surface area contributed by atoms with Crippen molar-refractivity contribution in [2.24, 2.45) is 5.73 Å². The van der Waals surface area contributed by atoms with E-state index >= 15 is 0 Å². The van der Waals surface area contributed by atoms with Gasteiger partial charge in [0.15, 0.2) is 5.82 Å². The monoisotopic (exact) mass is 255 g/mol. The maximum Gasteiger partial charge on any atom is 0.150 e. The van der Waals surface area contributed by atoms with Crippen molar-refractivity contribution in [3.63, 3.8) is 0 Å². The predicted octanol–water partition coefficient (Wildman–Crippen LogP) is 1.24. The summed E-state index contributed by atoms with van der Waals surface area (Å²) < 4.78 is 0. The molecule has 19 heavy (non-hydrogen) atoms. The Hall–Kier alpha value is -2.14. The van der Waals surface area contributed by atoms with Crippen LogP contribution in [0.5, 0.6) is 0 Å². The van der Waals surface area contributed by atoms with Crippen LogP contribution in [-0.2, 0) is 6.54 Å². The third-order valence-electron chi connectivity index (χ3n) is 3.23. The summed E-state index contributed by atoms with van der Waals surface area (Å²) >= 11 is 0. The van der Waals surface area contributed by atoms with Crippen LogP contribution in [0.3, 0.4) is 0 Å². The van der Waals surface area contributed by atoms with Gasteiger partial charge in [-0.3, -0.25) is 0 Å². The Bertz CT molecular complexity index is 537. The molecule has 2 aromatic rings. The lowest BCUT2D eigenvalue weighted by atomic mass is 10.1. The van der Waals surface area contributed by atoms with Crippen molar-refractivity contribution in [1.82, 2.24) is 10.2 Å². The van der Waals surface area contributed by atoms with Crippen molar-refractivity contribution in [3.8, 4) is 0 Å². The van der Waals surface area contributed by atoms with E-state index < -0.39 is 0 Å². The number of nitrogens with one attached hydrogen (secondary N) is 1. The van der Waals surface area contributed by atoms with Gasteiger partial charge in [-0.15, -0.1) is 5.10 Å². The second-order valence-corrected chi connectivity index (χ2v) is 4.80. The summed E-state index contributed by atoms with van der Waals surface area (Å²) in [5.41, 5.74) is 8.08. The van der Waals surface area contributed by atoms with Crippen LogP contribution in [0.25, 0.3) is 0 Å². The number of hydrogen-bond donors (Lipinski definition) is 2. The molecule has 0 spiro atoms. The van der Waals surface area contributed by atoms with E-state index in [4.69, 9.17) is 5.73 Å². The predicted molar refractivity (Wildman–Crippen MR) is 76.0 cm³/mol. The SMILES string of the molecule is NC1CN(c2cnnc(NCc3ccccc3)c2)C1. The summed E-state index contributed by atoms with van der Waals surface area (Å²) in [6.07, 6.45) is 1.78. The molecule has 0 radical (unpaired) electrons. The first-order valence-corrected chi connectivity index (χ1v) is 6.42. The Morgan fingerprint density at radius 1 is 1.26 bits per heavy atom. The average molecular weight is 255 g/mol. The molecule has 1 aliphatic heterocycles. The van der Waals surface area contributed by atoms with Crippen LogP contribution in [0.15, 0.2) is 42.6 Å². The Balaban J connectivity index is 1.63. The highest BCUT2D eigenvalue weighted by Crippen LogP contribution is 2.21. The van der Waals surface area contributed by atoms with Crippen molar-refractivity contribution >= 4 is 11.5 Å². The molecule has 1 saturated heterocycles. The van der Waals surface area contributed by atoms with Crippen LogP contribution in [0, 0.1) is 0 Å². The molecule has 0 saturated carbocycles. The van der Waals surface area contributed by atoms with Gasteiger partial charge in [-0.2, -0.15) is 5.10 Å². The highest BCUT2D eigenvalue weighted by Gasteiger charge is 2.23. The fourth-order valence-corrected chi connectivity index (χ4v) is 2.13. The quantitative estimate of drug-likeness (QED) is 0.860. The van der Waals surface area contributed by atoms with E-state index in [1.54, 1.807) is 6.20 Å². The normalized spacial score (nSPS) is 15.1. The van der Waals surface area contributed by atoms with E-state index in [1.807, 2.05) is 24.3 Å². The van der Waals surface area contributed by atoms with Crippen molar-refractivity contribution in [2.75, 3.05) is 23.3 Å². The van der Waals surface area contributed by atoms with Crippen LogP contribution in [0.2, 0.25) is 0 Å². The standard InChI is InChI=1S/C14H17N5/c15-12-9-19(10-12)13-6-14(18-17-8-13)16-7-11-4-2-1-3-5-11/h1-6,8,12H,7,9-10,15H2,(H,16,18). The third-order valence-corrected chi connectivity index (χ3v) is 3.23. The highest BCUT2D eigenvalue weighted by molar-refractivity contribution is 5.54. The van der Waals surface area contributed by atoms with E-state index in [9.17, 15) is 0 Å². The van der Waals surface area contributed by atoms with Gasteiger partial charge >= 0.3 is 0 Å². The van der Waals surface area contributed by atoms with Gasteiger partial charge in [0.25, 0.3) is 0 Å². The van der Waals surface area contributed by atoms with Crippen LogP contribution in [0.4, 0.5) is 11.5 Å². The smallest absolute Gasteiger partial charge is 0.150 e. The molecule has 1 aromatic heterocycles. The molecule has 5 heteroatoms. The summed E-state index contributed by atoms with van der Waals surface area (Å²) in [7, 11) is 0. The molecule has 0 aliphatic carbocycles. The van der Waals surface area contributed by atoms with Crippen LogP contribution in [0.1, 0.15) is 5.56 Å². The number of benzene rings is 1. The van der Waals surface area contributed by atoms with Gasteiger partial charge in [0.2, 0.25) is 0 Å². The average Bonchev–Trinajstić information content (AvgIpc) is 2.43. The molecule has 2 heterocycles. The zero-order valence-electron chi connectivity index (χ0n) is 10.7. The zero-order valence-corrected chi connectivity index (χ0v) is 10.7. The van der Waals surface area contributed by atoms with E-state index in [2.05, 4.69) is 32.5 Å². The van der Waals surface area contributed by atoms with Gasteiger partial charge in [0.05, 0.1) is 11.9 Å². The Morgan fingerprint density at radius 2 is 2.05 bits per heavy atom. The molecule has 0 atom stereocenters. The van der Waals surface area contributed by atoms with Crippen LogP contribution >= 0.6 is 0 Å². The first kappa shape index (κ1) is 11.9. The van der Waals surface area contributed by atoms with E-state index in [0.717, 1.165) is 31.1 Å². The number of hydrogen-bond acceptors (Lipinski definition) is 5. The van der Waals surface area contributed by atoms with Crippen molar-refractivity contribution in [3.05, 3.63) is 48.2 Å². The van der Waals surface area contributed by atoms with Crippen molar-refractivity contribution in [1.29, 1.82) is 0 Å². The Morgan fingerprint density at radius 3 is 2.79 bits per heavy atom. The molecule has 3 N–H and O–H groups in total. The Kier molecular flexibility index (Phi) is 3.29. The summed E-state index contributed by atoms with van der Waals surface area (Å²) in [5.74, 6) is 0.793. The molecule has 1 fully saturated rings. The molecule has 5 nitrogen and oxygen atoms in total. The highest BCUT2D eigenvalue weighted by atomic mass is 15.2. The summed E-state index contributed by atoms with van der Waals surface area (Å²) in [5, 5.41) is 11.4. The largest absolute Gasteiger partial charge is 0.367 e. The van der Waals surface area contributed by atoms with E-state index in [0.29, 0.717) is 0 Å². The van der Waals surface area contributed by atoms with Crippen LogP contribution < -0.4 is 16.0 Å². The molecule has 0 unspecified atom stereocenters. The van der Waals surface area contributed by atoms with Crippen molar-refractivity contribution in [2.45, 2.75) is 12.6 Å². The fourth-order valence-electron chi connectivity index (χ4n) is 2.13. The molecular formula is C14H17N5. The Labute approximate surface area is 112 Å². The maximum absolute atomic E-state index is 5.79. The van der Waals surface area contributed by atoms with Crippen LogP contribution in [-0.4, -0.2) is 29.3 Å². The number of aromatic nitrogens is 2. The van der Waals surface area contributed by atoms with Gasteiger partial charge in [0.1, 0.15) is 0 Å². The van der Waals surface area contributed by atoms with Gasteiger partial charge < -0.3 is 16.0 Å². The van der Waals surface area contributed by atoms with Gasteiger partial charge in [-0.1, -0.05) is 30.3 Å². The minimum absolute atomic E-state index is 0.286. The second kappa shape index (κ2) is 5.24. The summed E-state index contributed by atoms with van der Waals surface area (Å²) in [4.78, 5) is 2.20. The first-order chi connectivity index (χ1) is 9.31. The number of nitrogens with zero attached hydrogens (tertiary/aromatic N) is 3. The lowest BCUT2D eigenvalue weighted by Crippen LogP contribution is -2.55. The second-order valence-electron chi connectivity index (χ2n) is 4.80. The van der Waals surface area contributed by atoms with Crippen molar-refractivity contribution < 1.29 is 0 Å². The molecule has 1 aromatic carbocycles. The van der Waals surface area contributed by atoms with Gasteiger partial charge in [-0.05, 0) is 5.56 Å². The molecule has 0 amide bonds. The minimum Gasteiger partial charge on any atom is -0.367 e. The molecular weight excluding hydrogens is 238 g/mol. The molecule has 98 valence electrons. The number of anilines is 2. The molecule has 1 aliphatic rings. The van der Waals surface area contributed by atoms with E-state index in [-0.39, 0.29) is 6.04 Å². The summed E-state index contributed by atoms with van der Waals surface area (Å²) in [6, 6.07) is 12.5. The lowest BCUT2D eigenvalue weighted by molar-refractivity contribution is 0.518. The number of nitrogens with two attached hydrogens (primary N) is 1. The molecule has 0 bridgehead atoms. The van der Waals surface area contributed by atoms with Gasteiger partial charge in [-0.25, -0.2) is 0 Å². The summed E-state index contributed by atoms with van der Waals surface area (Å²) in [6.45, 7) is 2.53. The first-order valence-electron chi connectivity index (χ1n) is 6.42. The fraction of sp³-hybridized carbons (Fsp3) is 0.286. The molecule has 3 rings (SSSR count). The topological polar surface area (TPSA) is 67.1 Å². The number of rotatable bonds is 4. The van der Waals surface area contributed by atoms with E-state index in [1.165, 1.54) is 5.56 Å². The minimum atomic E-state index is 0.286. The lowest BCUT2D eigenvalue weighted by Gasteiger charge is -2.38.